The number of ether oxygens (including phenoxy) is 1. The van der Waals surface area contributed by atoms with Crippen LogP contribution in [0, 0.1) is 17.6 Å². The van der Waals surface area contributed by atoms with Crippen molar-refractivity contribution in [2.24, 2.45) is 5.92 Å². The van der Waals surface area contributed by atoms with Crippen molar-refractivity contribution in [3.05, 3.63) is 29.3 Å². The van der Waals surface area contributed by atoms with Gasteiger partial charge < -0.3 is 9.84 Å². The van der Waals surface area contributed by atoms with Crippen molar-refractivity contribution < 1.29 is 18.6 Å². The van der Waals surface area contributed by atoms with Gasteiger partial charge in [0.2, 0.25) is 5.82 Å². The summed E-state index contributed by atoms with van der Waals surface area (Å²) < 4.78 is 31.6. The molecule has 2 nitrogen and oxygen atoms in total. The highest BCUT2D eigenvalue weighted by Gasteiger charge is 2.14. The van der Waals surface area contributed by atoms with Gasteiger partial charge in [-0.15, -0.1) is 0 Å². The lowest BCUT2D eigenvalue weighted by atomic mass is 10.1. The molecule has 90 valence electrons. The monoisotopic (exact) mass is 230 g/mol. The first kappa shape index (κ1) is 12.9. The van der Waals surface area contributed by atoms with Crippen LogP contribution in [-0.2, 0) is 0 Å². The summed E-state index contributed by atoms with van der Waals surface area (Å²) in [6.45, 7) is 5.61. The summed E-state index contributed by atoms with van der Waals surface area (Å²) >= 11 is 0. The maximum atomic E-state index is 13.3. The predicted octanol–water partition coefficient (Wildman–Crippen LogP) is 3.05. The van der Waals surface area contributed by atoms with E-state index in [1.165, 1.54) is 13.0 Å². The highest BCUT2D eigenvalue weighted by molar-refractivity contribution is 5.32. The lowest BCUT2D eigenvalue weighted by Gasteiger charge is -2.12. The Kier molecular flexibility index (Phi) is 4.24. The van der Waals surface area contributed by atoms with Crippen LogP contribution in [0.4, 0.5) is 8.78 Å². The van der Waals surface area contributed by atoms with E-state index < -0.39 is 17.7 Å². The van der Waals surface area contributed by atoms with Gasteiger partial charge in [0.1, 0.15) is 0 Å². The number of aliphatic hydroxyl groups excluding tert-OH is 1. The predicted molar refractivity (Wildman–Crippen MR) is 57.3 cm³/mol. The number of halogens is 2. The Morgan fingerprint density at radius 2 is 1.88 bits per heavy atom. The fourth-order valence-electron chi connectivity index (χ4n) is 1.19. The summed E-state index contributed by atoms with van der Waals surface area (Å²) in [6.07, 6.45) is -0.850. The van der Waals surface area contributed by atoms with E-state index in [2.05, 4.69) is 0 Å². The van der Waals surface area contributed by atoms with Crippen LogP contribution in [0.25, 0.3) is 0 Å². The van der Waals surface area contributed by atoms with E-state index in [4.69, 9.17) is 4.74 Å². The SMILES string of the molecule is CC(C)COc1cc([C@H](C)O)cc(F)c1F. The summed E-state index contributed by atoms with van der Waals surface area (Å²) in [5.41, 5.74) is 0.303. The third-order valence-electron chi connectivity index (χ3n) is 2.07. The smallest absolute Gasteiger partial charge is 0.200 e. The van der Waals surface area contributed by atoms with Gasteiger partial charge >= 0.3 is 0 Å². The number of benzene rings is 1. The topological polar surface area (TPSA) is 29.5 Å². The normalized spacial score (nSPS) is 12.9. The van der Waals surface area contributed by atoms with Crippen LogP contribution in [0.2, 0.25) is 0 Å². The second kappa shape index (κ2) is 5.25. The zero-order chi connectivity index (χ0) is 12.3. The molecule has 0 amide bonds. The van der Waals surface area contributed by atoms with E-state index in [0.717, 1.165) is 6.07 Å². The fraction of sp³-hybridized carbons (Fsp3) is 0.500. The van der Waals surface area contributed by atoms with Gasteiger partial charge in [-0.2, -0.15) is 4.39 Å². The van der Waals surface area contributed by atoms with Crippen molar-refractivity contribution in [3.8, 4) is 5.75 Å². The lowest BCUT2D eigenvalue weighted by Crippen LogP contribution is -2.07. The van der Waals surface area contributed by atoms with E-state index in [1.807, 2.05) is 13.8 Å². The van der Waals surface area contributed by atoms with Crippen molar-refractivity contribution in [2.75, 3.05) is 6.61 Å². The Bertz CT molecular complexity index is 362. The zero-order valence-corrected chi connectivity index (χ0v) is 9.63. The molecule has 1 N–H and O–H groups in total. The Morgan fingerprint density at radius 3 is 2.38 bits per heavy atom. The van der Waals surface area contributed by atoms with Gasteiger partial charge in [-0.3, -0.25) is 0 Å². The fourth-order valence-corrected chi connectivity index (χ4v) is 1.19. The van der Waals surface area contributed by atoms with Gasteiger partial charge in [0.15, 0.2) is 11.6 Å². The molecule has 0 saturated heterocycles. The van der Waals surface area contributed by atoms with Crippen molar-refractivity contribution >= 4 is 0 Å². The summed E-state index contributed by atoms with van der Waals surface area (Å²) in [5.74, 6) is -1.94. The molecule has 0 radical (unpaired) electrons. The number of hydrogen-bond acceptors (Lipinski definition) is 2. The molecule has 1 atom stereocenters. The molecule has 0 bridgehead atoms. The van der Waals surface area contributed by atoms with Gasteiger partial charge in [-0.1, -0.05) is 13.8 Å². The summed E-state index contributed by atoms with van der Waals surface area (Å²) in [4.78, 5) is 0. The molecule has 0 aromatic heterocycles. The highest BCUT2D eigenvalue weighted by atomic mass is 19.2. The second-order valence-corrected chi connectivity index (χ2v) is 4.20. The molecular formula is C12H16F2O2. The molecule has 0 aliphatic carbocycles. The Balaban J connectivity index is 2.97. The number of hydrogen-bond donors (Lipinski definition) is 1. The van der Waals surface area contributed by atoms with Gasteiger partial charge in [0.05, 0.1) is 12.7 Å². The van der Waals surface area contributed by atoms with E-state index in [9.17, 15) is 13.9 Å². The van der Waals surface area contributed by atoms with Crippen LogP contribution in [0.3, 0.4) is 0 Å². The average molecular weight is 230 g/mol. The molecule has 4 heteroatoms. The summed E-state index contributed by atoms with van der Waals surface area (Å²) in [6, 6.07) is 2.30. The van der Waals surface area contributed by atoms with Crippen molar-refractivity contribution in [2.45, 2.75) is 26.9 Å². The Labute approximate surface area is 93.9 Å². The van der Waals surface area contributed by atoms with E-state index in [0.29, 0.717) is 12.2 Å². The van der Waals surface area contributed by atoms with Gasteiger partial charge in [-0.05, 0) is 30.5 Å². The molecule has 0 fully saturated rings. The highest BCUT2D eigenvalue weighted by Crippen LogP contribution is 2.25. The Morgan fingerprint density at radius 1 is 1.25 bits per heavy atom. The first-order valence-corrected chi connectivity index (χ1v) is 5.21. The maximum absolute atomic E-state index is 13.3. The summed E-state index contributed by atoms with van der Waals surface area (Å²) in [5, 5.41) is 9.30. The van der Waals surface area contributed by atoms with Crippen LogP contribution in [-0.4, -0.2) is 11.7 Å². The van der Waals surface area contributed by atoms with Gasteiger partial charge in [0.25, 0.3) is 0 Å². The van der Waals surface area contributed by atoms with Gasteiger partial charge in [0, 0.05) is 0 Å². The lowest BCUT2D eigenvalue weighted by molar-refractivity contribution is 0.196. The van der Waals surface area contributed by atoms with E-state index >= 15 is 0 Å². The van der Waals surface area contributed by atoms with E-state index in [-0.39, 0.29) is 11.7 Å². The quantitative estimate of drug-likeness (QED) is 0.861. The standard InChI is InChI=1S/C12H16F2O2/c1-7(2)6-16-11-5-9(8(3)15)4-10(13)12(11)14/h4-5,7-8,15H,6H2,1-3H3/t8-/m0/s1. The minimum Gasteiger partial charge on any atom is -0.490 e. The molecule has 1 aromatic rings. The largest absolute Gasteiger partial charge is 0.490 e. The van der Waals surface area contributed by atoms with Gasteiger partial charge in [-0.25, -0.2) is 4.39 Å². The number of rotatable bonds is 4. The van der Waals surface area contributed by atoms with Crippen molar-refractivity contribution in [1.29, 1.82) is 0 Å². The van der Waals surface area contributed by atoms with Crippen LogP contribution < -0.4 is 4.74 Å². The molecular weight excluding hydrogens is 214 g/mol. The molecule has 0 unspecified atom stereocenters. The van der Waals surface area contributed by atoms with Crippen LogP contribution >= 0.6 is 0 Å². The Hall–Kier alpha value is -1.16. The molecule has 1 rings (SSSR count). The van der Waals surface area contributed by atoms with Crippen LogP contribution in [0.1, 0.15) is 32.4 Å². The third-order valence-corrected chi connectivity index (χ3v) is 2.07. The van der Waals surface area contributed by atoms with Crippen molar-refractivity contribution in [1.82, 2.24) is 0 Å². The third kappa shape index (κ3) is 3.17. The molecule has 0 aliphatic rings. The molecule has 0 spiro atoms. The molecule has 0 aliphatic heterocycles. The minimum atomic E-state index is -1.01. The van der Waals surface area contributed by atoms with Crippen LogP contribution in [0.15, 0.2) is 12.1 Å². The summed E-state index contributed by atoms with van der Waals surface area (Å²) in [7, 11) is 0. The average Bonchev–Trinajstić information content (AvgIpc) is 2.19. The van der Waals surface area contributed by atoms with Crippen LogP contribution in [0.5, 0.6) is 5.75 Å². The minimum absolute atomic E-state index is 0.149. The molecule has 16 heavy (non-hydrogen) atoms. The molecule has 0 heterocycles. The zero-order valence-electron chi connectivity index (χ0n) is 9.63. The second-order valence-electron chi connectivity index (χ2n) is 4.20. The first-order valence-electron chi connectivity index (χ1n) is 5.21. The number of aliphatic hydroxyl groups is 1. The van der Waals surface area contributed by atoms with E-state index in [1.54, 1.807) is 0 Å². The maximum Gasteiger partial charge on any atom is 0.200 e. The first-order chi connectivity index (χ1) is 7.41. The molecule has 0 saturated carbocycles. The van der Waals surface area contributed by atoms with Crippen molar-refractivity contribution in [3.63, 3.8) is 0 Å². The molecule has 1 aromatic carbocycles.